The molecule has 0 radical (unpaired) electrons. The second-order valence-electron chi connectivity index (χ2n) is 10.6. The molecule has 1 aliphatic carbocycles. The molecule has 2 amide bonds. The molecule has 200 valence electrons. The zero-order chi connectivity index (χ0) is 26.6. The van der Waals surface area contributed by atoms with Gasteiger partial charge in [-0.05, 0) is 85.8 Å². The number of H-pyrrole nitrogens is 1. The van der Waals surface area contributed by atoms with Crippen LogP contribution in [0.2, 0.25) is 0 Å². The van der Waals surface area contributed by atoms with Gasteiger partial charge in [-0.15, -0.1) is 0 Å². The molecule has 1 aromatic heterocycles. The Labute approximate surface area is 221 Å². The Morgan fingerprint density at radius 2 is 1.74 bits per heavy atom. The zero-order valence-electron chi connectivity index (χ0n) is 21.3. The average Bonchev–Trinajstić information content (AvgIpc) is 3.37. The van der Waals surface area contributed by atoms with Crippen LogP contribution in [0.5, 0.6) is 0 Å². The number of aromatic amines is 1. The van der Waals surface area contributed by atoms with E-state index in [1.807, 2.05) is 6.07 Å². The third-order valence-corrected chi connectivity index (χ3v) is 8.19. The first-order valence-electron chi connectivity index (χ1n) is 13.4. The van der Waals surface area contributed by atoms with Crippen molar-refractivity contribution in [1.29, 1.82) is 0 Å². The van der Waals surface area contributed by atoms with Crippen molar-refractivity contribution in [3.05, 3.63) is 77.5 Å². The van der Waals surface area contributed by atoms with Gasteiger partial charge in [-0.2, -0.15) is 0 Å². The first-order valence-corrected chi connectivity index (χ1v) is 13.4. The van der Waals surface area contributed by atoms with Gasteiger partial charge in [-0.25, -0.2) is 8.78 Å². The van der Waals surface area contributed by atoms with Crippen molar-refractivity contribution in [2.24, 2.45) is 11.7 Å². The number of primary amides is 1. The number of hydrogen-bond donors (Lipinski definition) is 3. The fourth-order valence-electron chi connectivity index (χ4n) is 6.05. The molecule has 38 heavy (non-hydrogen) atoms. The lowest BCUT2D eigenvalue weighted by Gasteiger charge is -2.38. The van der Waals surface area contributed by atoms with Crippen LogP contribution < -0.4 is 11.1 Å². The number of benzene rings is 2. The number of aromatic nitrogens is 1. The Morgan fingerprint density at radius 3 is 2.45 bits per heavy atom. The molecule has 3 aromatic rings. The lowest BCUT2D eigenvalue weighted by Crippen LogP contribution is -2.54. The fourth-order valence-corrected chi connectivity index (χ4v) is 6.05. The number of nitrogens with zero attached hydrogens (tertiary/aromatic N) is 1. The van der Waals surface area contributed by atoms with Crippen LogP contribution in [0.3, 0.4) is 0 Å². The Bertz CT molecular complexity index is 1320. The van der Waals surface area contributed by atoms with Gasteiger partial charge in [0.2, 0.25) is 11.8 Å². The number of amides is 2. The van der Waals surface area contributed by atoms with Gasteiger partial charge in [0.25, 0.3) is 0 Å². The molecule has 8 heteroatoms. The summed E-state index contributed by atoms with van der Waals surface area (Å²) in [6.45, 7) is 1.04. The summed E-state index contributed by atoms with van der Waals surface area (Å²) in [5.41, 5.74) is 8.79. The maximum Gasteiger partial charge on any atom is 0.246 e. The number of carbonyl (C=O) groups is 2. The summed E-state index contributed by atoms with van der Waals surface area (Å²) in [4.78, 5) is 30.1. The SMILES string of the molecule is NC(=O)C(NC1CCC(c2c[nH]c3ccccc23)CC1)C1CCN(C(=O)/C=C/c2ccc(F)c(F)c2)CC1. The Hall–Kier alpha value is -3.52. The van der Waals surface area contributed by atoms with Crippen LogP contribution in [0.1, 0.15) is 55.6 Å². The van der Waals surface area contributed by atoms with E-state index in [4.69, 9.17) is 5.73 Å². The highest BCUT2D eigenvalue weighted by atomic mass is 19.2. The number of hydrogen-bond acceptors (Lipinski definition) is 3. The van der Waals surface area contributed by atoms with Gasteiger partial charge in [-0.1, -0.05) is 24.3 Å². The molecule has 2 aliphatic rings. The maximum absolute atomic E-state index is 13.4. The minimum absolute atomic E-state index is 0.0677. The van der Waals surface area contributed by atoms with Crippen LogP contribution in [-0.4, -0.2) is 46.9 Å². The van der Waals surface area contributed by atoms with Gasteiger partial charge in [-0.3, -0.25) is 9.59 Å². The third-order valence-electron chi connectivity index (χ3n) is 8.19. The Morgan fingerprint density at radius 1 is 1.00 bits per heavy atom. The summed E-state index contributed by atoms with van der Waals surface area (Å²) in [5, 5.41) is 4.85. The lowest BCUT2D eigenvalue weighted by atomic mass is 9.80. The summed E-state index contributed by atoms with van der Waals surface area (Å²) < 4.78 is 26.5. The number of fused-ring (bicyclic) bond motifs is 1. The molecule has 5 rings (SSSR count). The molecule has 1 atom stereocenters. The highest BCUT2D eigenvalue weighted by Crippen LogP contribution is 2.37. The molecule has 0 bridgehead atoms. The molecule has 0 spiro atoms. The quantitative estimate of drug-likeness (QED) is 0.388. The smallest absolute Gasteiger partial charge is 0.246 e. The van der Waals surface area contributed by atoms with Crippen LogP contribution in [0, 0.1) is 17.6 Å². The average molecular weight is 521 g/mol. The number of piperidine rings is 1. The summed E-state index contributed by atoms with van der Waals surface area (Å²) in [6, 6.07) is 11.7. The second kappa shape index (κ2) is 11.5. The topological polar surface area (TPSA) is 91.2 Å². The minimum Gasteiger partial charge on any atom is -0.368 e. The van der Waals surface area contributed by atoms with Crippen molar-refractivity contribution in [3.8, 4) is 0 Å². The molecule has 2 fully saturated rings. The van der Waals surface area contributed by atoms with Crippen LogP contribution >= 0.6 is 0 Å². The Kier molecular flexibility index (Phi) is 7.88. The highest BCUT2D eigenvalue weighted by Gasteiger charge is 2.34. The third kappa shape index (κ3) is 5.80. The zero-order valence-corrected chi connectivity index (χ0v) is 21.3. The van der Waals surface area contributed by atoms with Crippen LogP contribution in [0.25, 0.3) is 17.0 Å². The number of carbonyl (C=O) groups excluding carboxylic acids is 2. The number of halogens is 2. The standard InChI is InChI=1S/C30H34F2N4O2/c31-25-11-5-19(17-26(25)32)6-12-28(37)36-15-13-21(14-16-36)29(30(33)38)35-22-9-7-20(8-10-22)24-18-34-27-4-2-1-3-23(24)27/h1-6,11-12,17-18,20-22,29,34-35H,7-10,13-16H2,(H2,33,38)/b12-6+. The largest absolute Gasteiger partial charge is 0.368 e. The molecule has 1 aliphatic heterocycles. The van der Waals surface area contributed by atoms with Crippen molar-refractivity contribution in [2.75, 3.05) is 13.1 Å². The summed E-state index contributed by atoms with van der Waals surface area (Å²) in [5.74, 6) is -1.82. The van der Waals surface area contributed by atoms with Gasteiger partial charge >= 0.3 is 0 Å². The van der Waals surface area contributed by atoms with Crippen molar-refractivity contribution >= 4 is 28.8 Å². The van der Waals surface area contributed by atoms with Gasteiger partial charge in [0.15, 0.2) is 11.6 Å². The number of rotatable bonds is 7. The predicted octanol–water partition coefficient (Wildman–Crippen LogP) is 4.87. The number of nitrogens with two attached hydrogens (primary N) is 1. The normalized spacial score (nSPS) is 21.7. The fraction of sp³-hybridized carbons (Fsp3) is 0.400. The minimum atomic E-state index is -0.947. The maximum atomic E-state index is 13.4. The van der Waals surface area contributed by atoms with Gasteiger partial charge in [0, 0.05) is 42.3 Å². The van der Waals surface area contributed by atoms with E-state index in [1.165, 1.54) is 34.7 Å². The molecule has 1 saturated carbocycles. The first kappa shape index (κ1) is 26.1. The monoisotopic (exact) mass is 520 g/mol. The van der Waals surface area contributed by atoms with Crippen LogP contribution in [-0.2, 0) is 9.59 Å². The summed E-state index contributed by atoms with van der Waals surface area (Å²) in [7, 11) is 0. The number of para-hydroxylation sites is 1. The van der Waals surface area contributed by atoms with E-state index in [-0.39, 0.29) is 23.8 Å². The van der Waals surface area contributed by atoms with Crippen LogP contribution in [0.4, 0.5) is 8.78 Å². The first-order chi connectivity index (χ1) is 18.4. The predicted molar refractivity (Wildman–Crippen MR) is 144 cm³/mol. The van der Waals surface area contributed by atoms with Gasteiger partial charge < -0.3 is 20.9 Å². The molecule has 2 heterocycles. The molecule has 2 aromatic carbocycles. The van der Waals surface area contributed by atoms with Gasteiger partial charge in [0.1, 0.15) is 0 Å². The molecule has 6 nitrogen and oxygen atoms in total. The second-order valence-corrected chi connectivity index (χ2v) is 10.6. The molecule has 4 N–H and O–H groups in total. The van der Waals surface area contributed by atoms with Gasteiger partial charge in [0.05, 0.1) is 6.04 Å². The van der Waals surface area contributed by atoms with E-state index < -0.39 is 17.7 Å². The highest BCUT2D eigenvalue weighted by molar-refractivity contribution is 5.92. The van der Waals surface area contributed by atoms with E-state index in [1.54, 1.807) is 4.90 Å². The lowest BCUT2D eigenvalue weighted by molar-refractivity contribution is -0.128. The summed E-state index contributed by atoms with van der Waals surface area (Å²) in [6.07, 6.45) is 10.4. The van der Waals surface area contributed by atoms with Crippen molar-refractivity contribution < 1.29 is 18.4 Å². The van der Waals surface area contributed by atoms with E-state index >= 15 is 0 Å². The molecular weight excluding hydrogens is 486 g/mol. The Balaban J connectivity index is 1.12. The van der Waals surface area contributed by atoms with Crippen molar-refractivity contribution in [1.82, 2.24) is 15.2 Å². The van der Waals surface area contributed by atoms with Crippen LogP contribution in [0.15, 0.2) is 54.7 Å². The number of likely N-dealkylation sites (tertiary alicyclic amines) is 1. The van der Waals surface area contributed by atoms with Crippen molar-refractivity contribution in [2.45, 2.75) is 56.5 Å². The van der Waals surface area contributed by atoms with E-state index in [0.29, 0.717) is 37.4 Å². The van der Waals surface area contributed by atoms with E-state index in [2.05, 4.69) is 34.7 Å². The van der Waals surface area contributed by atoms with E-state index in [0.717, 1.165) is 37.8 Å². The summed E-state index contributed by atoms with van der Waals surface area (Å²) >= 11 is 0. The molecular formula is C30H34F2N4O2. The van der Waals surface area contributed by atoms with E-state index in [9.17, 15) is 18.4 Å². The molecule has 1 unspecified atom stereocenters. The van der Waals surface area contributed by atoms with Crippen molar-refractivity contribution in [3.63, 3.8) is 0 Å². The number of nitrogens with one attached hydrogen (secondary N) is 2. The molecule has 1 saturated heterocycles.